The van der Waals surface area contributed by atoms with Crippen LogP contribution in [0.2, 0.25) is 0 Å². The first kappa shape index (κ1) is 8.70. The van der Waals surface area contributed by atoms with Crippen molar-refractivity contribution in [1.82, 2.24) is 9.78 Å². The Morgan fingerprint density at radius 1 is 1.50 bits per heavy atom. The zero-order valence-electron chi connectivity index (χ0n) is 7.79. The van der Waals surface area contributed by atoms with Gasteiger partial charge < -0.3 is 5.32 Å². The number of nitrogens with one attached hydrogen (secondary N) is 1. The molecular weight excluding hydrogens is 154 g/mol. The summed E-state index contributed by atoms with van der Waals surface area (Å²) in [7, 11) is 5.35. The quantitative estimate of drug-likeness (QED) is 0.678. The molecule has 5 nitrogen and oxygen atoms in total. The Hall–Kier alpha value is -1.39. The molecule has 0 aliphatic heterocycles. The monoisotopic (exact) mass is 167 g/mol. The number of rotatable bonds is 2. The highest BCUT2D eigenvalue weighted by atomic mass is 15.3. The van der Waals surface area contributed by atoms with Gasteiger partial charge in [-0.2, -0.15) is 15.3 Å². The third-order valence-corrected chi connectivity index (χ3v) is 1.63. The minimum absolute atomic E-state index is 0.808. The fourth-order valence-electron chi connectivity index (χ4n) is 1.15. The molecule has 1 N–H and O–H groups in total. The van der Waals surface area contributed by atoms with Gasteiger partial charge in [0.05, 0.1) is 5.69 Å². The van der Waals surface area contributed by atoms with Gasteiger partial charge in [0.1, 0.15) is 0 Å². The van der Waals surface area contributed by atoms with Gasteiger partial charge in [0.2, 0.25) is 0 Å². The van der Waals surface area contributed by atoms with Crippen molar-refractivity contribution in [2.45, 2.75) is 6.92 Å². The zero-order chi connectivity index (χ0) is 9.14. The highest BCUT2D eigenvalue weighted by Crippen LogP contribution is 2.27. The first-order chi connectivity index (χ1) is 5.70. The Bertz CT molecular complexity index is 299. The Balaban J connectivity index is 3.22. The van der Waals surface area contributed by atoms with Gasteiger partial charge in [-0.05, 0) is 6.92 Å². The third kappa shape index (κ3) is 1.30. The molecule has 0 saturated carbocycles. The summed E-state index contributed by atoms with van der Waals surface area (Å²) in [6.45, 7) is 1.91. The van der Waals surface area contributed by atoms with Crippen molar-refractivity contribution < 1.29 is 0 Å². The Morgan fingerprint density at radius 3 is 2.67 bits per heavy atom. The van der Waals surface area contributed by atoms with Crippen molar-refractivity contribution in [1.29, 1.82) is 0 Å². The number of hydrogen-bond acceptors (Lipinski definition) is 4. The molecule has 0 radical (unpaired) electrons. The molecule has 0 bridgehead atoms. The molecule has 0 aliphatic carbocycles. The number of aryl methyl sites for hydroxylation is 2. The maximum Gasteiger partial charge on any atom is 0.152 e. The Kier molecular flexibility index (Phi) is 2.42. The smallest absolute Gasteiger partial charge is 0.152 e. The van der Waals surface area contributed by atoms with E-state index < -0.39 is 0 Å². The van der Waals surface area contributed by atoms with E-state index in [1.54, 1.807) is 11.7 Å². The van der Waals surface area contributed by atoms with Crippen LogP contribution in [0.25, 0.3) is 0 Å². The molecule has 0 unspecified atom stereocenters. The summed E-state index contributed by atoms with van der Waals surface area (Å²) in [5.74, 6) is 0.887. The molecular formula is C7H13N5. The normalized spacial score (nSPS) is 11.0. The lowest BCUT2D eigenvalue weighted by atomic mass is 10.4. The van der Waals surface area contributed by atoms with Crippen LogP contribution in [0.3, 0.4) is 0 Å². The van der Waals surface area contributed by atoms with Crippen LogP contribution in [0, 0.1) is 6.92 Å². The predicted octanol–water partition coefficient (Wildman–Crippen LogP) is 1.48. The van der Waals surface area contributed by atoms with Crippen molar-refractivity contribution >= 4 is 11.5 Å². The molecule has 0 fully saturated rings. The van der Waals surface area contributed by atoms with E-state index in [-0.39, 0.29) is 0 Å². The standard InChI is InChI=1S/C7H13N5/c1-5-6(10-9-3)7(8-2)12(4)11-5/h8H,1-4H3. The molecule has 0 amide bonds. The summed E-state index contributed by atoms with van der Waals surface area (Å²) >= 11 is 0. The van der Waals surface area contributed by atoms with E-state index in [9.17, 15) is 0 Å². The van der Waals surface area contributed by atoms with Crippen LogP contribution in [0.15, 0.2) is 10.2 Å². The van der Waals surface area contributed by atoms with Gasteiger partial charge in [-0.15, -0.1) is 0 Å². The summed E-state index contributed by atoms with van der Waals surface area (Å²) in [6.07, 6.45) is 0. The van der Waals surface area contributed by atoms with Gasteiger partial charge >= 0.3 is 0 Å². The predicted molar refractivity (Wildman–Crippen MR) is 47.9 cm³/mol. The van der Waals surface area contributed by atoms with Crippen molar-refractivity contribution in [2.75, 3.05) is 19.4 Å². The second-order valence-corrected chi connectivity index (χ2v) is 2.46. The summed E-state index contributed by atoms with van der Waals surface area (Å²) in [5, 5.41) is 14.9. The van der Waals surface area contributed by atoms with Gasteiger partial charge in [0.15, 0.2) is 11.5 Å². The molecule has 1 heterocycles. The number of nitrogens with zero attached hydrogens (tertiary/aromatic N) is 4. The molecule has 0 aromatic carbocycles. The van der Waals surface area contributed by atoms with Crippen molar-refractivity contribution in [3.63, 3.8) is 0 Å². The number of hydrogen-bond donors (Lipinski definition) is 1. The van der Waals surface area contributed by atoms with Crippen LogP contribution in [-0.4, -0.2) is 23.9 Å². The van der Waals surface area contributed by atoms with E-state index in [1.807, 2.05) is 21.0 Å². The molecule has 66 valence electrons. The molecule has 0 aliphatic rings. The van der Waals surface area contributed by atoms with E-state index in [0.717, 1.165) is 17.2 Å². The average Bonchev–Trinajstić information content (AvgIpc) is 2.28. The molecule has 0 atom stereocenters. The number of aromatic nitrogens is 2. The van der Waals surface area contributed by atoms with Gasteiger partial charge in [-0.1, -0.05) is 0 Å². The van der Waals surface area contributed by atoms with Gasteiger partial charge in [-0.3, -0.25) is 4.68 Å². The lowest BCUT2D eigenvalue weighted by Gasteiger charge is -1.99. The molecule has 1 rings (SSSR count). The highest BCUT2D eigenvalue weighted by Gasteiger charge is 2.10. The lowest BCUT2D eigenvalue weighted by Crippen LogP contribution is -1.98. The van der Waals surface area contributed by atoms with E-state index in [1.165, 1.54) is 0 Å². The molecule has 5 heteroatoms. The van der Waals surface area contributed by atoms with Crippen LogP contribution >= 0.6 is 0 Å². The van der Waals surface area contributed by atoms with Crippen molar-refractivity contribution in [3.05, 3.63) is 5.69 Å². The van der Waals surface area contributed by atoms with Gasteiger partial charge in [-0.25, -0.2) is 0 Å². The van der Waals surface area contributed by atoms with Gasteiger partial charge in [0, 0.05) is 21.1 Å². The van der Waals surface area contributed by atoms with Crippen LogP contribution in [-0.2, 0) is 7.05 Å². The number of azo groups is 1. The van der Waals surface area contributed by atoms with E-state index in [2.05, 4.69) is 20.6 Å². The SMILES string of the molecule is CN=Nc1c(C)nn(C)c1NC. The van der Waals surface area contributed by atoms with E-state index >= 15 is 0 Å². The van der Waals surface area contributed by atoms with E-state index in [0.29, 0.717) is 0 Å². The topological polar surface area (TPSA) is 54.6 Å². The summed E-state index contributed by atoms with van der Waals surface area (Å²) in [6, 6.07) is 0. The number of anilines is 1. The van der Waals surface area contributed by atoms with Crippen LogP contribution in [0.1, 0.15) is 5.69 Å². The van der Waals surface area contributed by atoms with Gasteiger partial charge in [0.25, 0.3) is 0 Å². The van der Waals surface area contributed by atoms with Crippen LogP contribution < -0.4 is 5.32 Å². The van der Waals surface area contributed by atoms with Crippen molar-refractivity contribution in [3.8, 4) is 0 Å². The highest BCUT2D eigenvalue weighted by molar-refractivity contribution is 5.63. The second kappa shape index (κ2) is 3.34. The fourth-order valence-corrected chi connectivity index (χ4v) is 1.15. The molecule has 0 saturated heterocycles. The van der Waals surface area contributed by atoms with Crippen molar-refractivity contribution in [2.24, 2.45) is 17.3 Å². The third-order valence-electron chi connectivity index (χ3n) is 1.63. The molecule has 1 aromatic heterocycles. The minimum Gasteiger partial charge on any atom is -0.371 e. The summed E-state index contributed by atoms with van der Waals surface area (Å²) < 4.78 is 1.75. The maximum atomic E-state index is 4.20. The molecule has 12 heavy (non-hydrogen) atoms. The average molecular weight is 167 g/mol. The van der Waals surface area contributed by atoms with Crippen LogP contribution in [0.5, 0.6) is 0 Å². The summed E-state index contributed by atoms with van der Waals surface area (Å²) in [4.78, 5) is 0. The molecule has 1 aromatic rings. The molecule has 0 spiro atoms. The first-order valence-electron chi connectivity index (χ1n) is 3.72. The second-order valence-electron chi connectivity index (χ2n) is 2.46. The van der Waals surface area contributed by atoms with E-state index in [4.69, 9.17) is 0 Å². The summed E-state index contributed by atoms with van der Waals surface area (Å²) in [5.41, 5.74) is 1.69. The maximum absolute atomic E-state index is 4.20. The Morgan fingerprint density at radius 2 is 2.17 bits per heavy atom. The van der Waals surface area contributed by atoms with Crippen LogP contribution in [0.4, 0.5) is 11.5 Å². The zero-order valence-corrected chi connectivity index (χ0v) is 7.79. The minimum atomic E-state index is 0.808. The Labute approximate surface area is 71.5 Å². The fraction of sp³-hybridized carbons (Fsp3) is 0.571. The lowest BCUT2D eigenvalue weighted by molar-refractivity contribution is 0.763. The largest absolute Gasteiger partial charge is 0.371 e. The first-order valence-corrected chi connectivity index (χ1v) is 3.72.